The van der Waals surface area contributed by atoms with Crippen molar-refractivity contribution in [3.8, 4) is 11.5 Å². The van der Waals surface area contributed by atoms with E-state index in [9.17, 15) is 9.59 Å². The number of carbonyl (C=O) groups is 2. The first-order chi connectivity index (χ1) is 10.2. The number of ether oxygens (including phenoxy) is 3. The van der Waals surface area contributed by atoms with Gasteiger partial charge in [-0.25, -0.2) is 0 Å². The summed E-state index contributed by atoms with van der Waals surface area (Å²) in [5.74, 6) is 0.791. The summed E-state index contributed by atoms with van der Waals surface area (Å²) in [5.41, 5.74) is 0.638. The Hall–Kier alpha value is -2.28. The standard InChI is InChI=1S/C14H18N2O5/c1-19-14(18)4-5-15-9-13(17)16-10-2-3-11-12(8-10)21-7-6-20-11/h2-3,8,15H,4-7,9H2,1H3,(H,16,17). The van der Waals surface area contributed by atoms with Gasteiger partial charge >= 0.3 is 5.97 Å². The van der Waals surface area contributed by atoms with Crippen LogP contribution in [0.25, 0.3) is 0 Å². The number of benzene rings is 1. The molecule has 21 heavy (non-hydrogen) atoms. The number of methoxy groups -OCH3 is 1. The zero-order valence-electron chi connectivity index (χ0n) is 11.8. The minimum atomic E-state index is -0.310. The van der Waals surface area contributed by atoms with Gasteiger partial charge in [0.2, 0.25) is 5.91 Å². The van der Waals surface area contributed by atoms with Crippen LogP contribution in [0, 0.1) is 0 Å². The van der Waals surface area contributed by atoms with Gasteiger partial charge in [-0.1, -0.05) is 0 Å². The van der Waals surface area contributed by atoms with Crippen LogP contribution in [0.1, 0.15) is 6.42 Å². The average Bonchev–Trinajstić information content (AvgIpc) is 2.51. The minimum absolute atomic E-state index is 0.117. The van der Waals surface area contributed by atoms with E-state index >= 15 is 0 Å². The first-order valence-electron chi connectivity index (χ1n) is 6.66. The van der Waals surface area contributed by atoms with Crippen molar-refractivity contribution in [2.45, 2.75) is 6.42 Å². The Bertz CT molecular complexity index is 518. The Labute approximate surface area is 122 Å². The Morgan fingerprint density at radius 2 is 2.00 bits per heavy atom. The SMILES string of the molecule is COC(=O)CCNCC(=O)Nc1ccc2c(c1)OCCO2. The van der Waals surface area contributed by atoms with Crippen LogP contribution in [-0.2, 0) is 14.3 Å². The summed E-state index contributed by atoms with van der Waals surface area (Å²) in [5, 5.41) is 5.61. The van der Waals surface area contributed by atoms with E-state index in [-0.39, 0.29) is 24.8 Å². The second kappa shape index (κ2) is 7.49. The van der Waals surface area contributed by atoms with Crippen LogP contribution in [-0.4, -0.2) is 45.3 Å². The van der Waals surface area contributed by atoms with E-state index < -0.39 is 0 Å². The zero-order valence-corrected chi connectivity index (χ0v) is 11.8. The molecule has 1 aliphatic heterocycles. The van der Waals surface area contributed by atoms with Gasteiger partial charge in [0.05, 0.1) is 20.1 Å². The number of nitrogens with one attached hydrogen (secondary N) is 2. The molecule has 7 nitrogen and oxygen atoms in total. The lowest BCUT2D eigenvalue weighted by molar-refractivity contribution is -0.140. The predicted molar refractivity (Wildman–Crippen MR) is 75.6 cm³/mol. The molecule has 7 heteroatoms. The summed E-state index contributed by atoms with van der Waals surface area (Å²) < 4.78 is 15.3. The summed E-state index contributed by atoms with van der Waals surface area (Å²) in [6.07, 6.45) is 0.230. The fourth-order valence-corrected chi connectivity index (χ4v) is 1.82. The third-order valence-electron chi connectivity index (χ3n) is 2.85. The number of hydrogen-bond donors (Lipinski definition) is 2. The molecule has 1 aromatic carbocycles. The van der Waals surface area contributed by atoms with E-state index in [1.807, 2.05) is 0 Å². The average molecular weight is 294 g/mol. The Kier molecular flexibility index (Phi) is 5.39. The molecule has 1 aromatic rings. The van der Waals surface area contributed by atoms with Gasteiger partial charge in [0.1, 0.15) is 13.2 Å². The zero-order chi connectivity index (χ0) is 15.1. The van der Waals surface area contributed by atoms with Crippen molar-refractivity contribution in [1.29, 1.82) is 0 Å². The highest BCUT2D eigenvalue weighted by Gasteiger charge is 2.12. The van der Waals surface area contributed by atoms with Crippen LogP contribution in [0.2, 0.25) is 0 Å². The van der Waals surface area contributed by atoms with Gasteiger partial charge in [0, 0.05) is 18.3 Å². The third kappa shape index (κ3) is 4.64. The lowest BCUT2D eigenvalue weighted by Gasteiger charge is -2.19. The summed E-state index contributed by atoms with van der Waals surface area (Å²) in [6.45, 7) is 1.54. The number of amides is 1. The molecule has 1 amide bonds. The summed E-state index contributed by atoms with van der Waals surface area (Å²) >= 11 is 0. The van der Waals surface area contributed by atoms with Crippen molar-refractivity contribution < 1.29 is 23.8 Å². The molecule has 0 atom stereocenters. The Morgan fingerprint density at radius 1 is 1.24 bits per heavy atom. The molecule has 2 N–H and O–H groups in total. The molecule has 0 unspecified atom stereocenters. The molecule has 0 radical (unpaired) electrons. The van der Waals surface area contributed by atoms with Gasteiger partial charge in [-0.2, -0.15) is 0 Å². The summed E-state index contributed by atoms with van der Waals surface area (Å²) in [6, 6.07) is 5.23. The van der Waals surface area contributed by atoms with E-state index in [0.29, 0.717) is 36.9 Å². The van der Waals surface area contributed by atoms with Gasteiger partial charge in [-0.15, -0.1) is 0 Å². The fourth-order valence-electron chi connectivity index (χ4n) is 1.82. The molecule has 0 aromatic heterocycles. The molecule has 1 heterocycles. The highest BCUT2D eigenvalue weighted by molar-refractivity contribution is 5.92. The first kappa shape index (κ1) is 15.1. The Morgan fingerprint density at radius 3 is 2.76 bits per heavy atom. The first-order valence-corrected chi connectivity index (χ1v) is 6.66. The molecule has 114 valence electrons. The van der Waals surface area contributed by atoms with Crippen LogP contribution >= 0.6 is 0 Å². The van der Waals surface area contributed by atoms with Crippen LogP contribution < -0.4 is 20.1 Å². The van der Waals surface area contributed by atoms with Gasteiger partial charge in [0.25, 0.3) is 0 Å². The highest BCUT2D eigenvalue weighted by Crippen LogP contribution is 2.32. The second-order valence-corrected chi connectivity index (χ2v) is 4.41. The number of esters is 1. The molecule has 2 rings (SSSR count). The van der Waals surface area contributed by atoms with Gasteiger partial charge < -0.3 is 24.8 Å². The van der Waals surface area contributed by atoms with Crippen molar-refractivity contribution >= 4 is 17.6 Å². The summed E-state index contributed by atoms with van der Waals surface area (Å²) in [7, 11) is 1.33. The number of anilines is 1. The predicted octanol–water partition coefficient (Wildman–Crippen LogP) is 0.549. The molecule has 0 fully saturated rings. The van der Waals surface area contributed by atoms with Gasteiger partial charge in [-0.05, 0) is 12.1 Å². The molecule has 1 aliphatic rings. The fraction of sp³-hybridized carbons (Fsp3) is 0.429. The van der Waals surface area contributed by atoms with Crippen LogP contribution in [0.3, 0.4) is 0 Å². The van der Waals surface area contributed by atoms with Crippen LogP contribution in [0.15, 0.2) is 18.2 Å². The topological polar surface area (TPSA) is 85.9 Å². The van der Waals surface area contributed by atoms with Crippen LogP contribution in [0.4, 0.5) is 5.69 Å². The molecular weight excluding hydrogens is 276 g/mol. The molecule has 0 saturated heterocycles. The molecule has 0 bridgehead atoms. The molecule has 0 aliphatic carbocycles. The van der Waals surface area contributed by atoms with Crippen molar-refractivity contribution in [3.05, 3.63) is 18.2 Å². The van der Waals surface area contributed by atoms with Gasteiger partial charge in [-0.3, -0.25) is 9.59 Å². The monoisotopic (exact) mass is 294 g/mol. The van der Waals surface area contributed by atoms with E-state index in [1.54, 1.807) is 18.2 Å². The quantitative estimate of drug-likeness (QED) is 0.588. The van der Waals surface area contributed by atoms with E-state index in [2.05, 4.69) is 15.4 Å². The van der Waals surface area contributed by atoms with Crippen molar-refractivity contribution in [2.24, 2.45) is 0 Å². The largest absolute Gasteiger partial charge is 0.486 e. The molecule has 0 saturated carbocycles. The van der Waals surface area contributed by atoms with Crippen LogP contribution in [0.5, 0.6) is 11.5 Å². The minimum Gasteiger partial charge on any atom is -0.486 e. The normalized spacial score (nSPS) is 12.6. The molecule has 0 spiro atoms. The van der Waals surface area contributed by atoms with E-state index in [4.69, 9.17) is 9.47 Å². The number of rotatable bonds is 6. The van der Waals surface area contributed by atoms with Gasteiger partial charge in [0.15, 0.2) is 11.5 Å². The van der Waals surface area contributed by atoms with Crippen molar-refractivity contribution in [1.82, 2.24) is 5.32 Å². The smallest absolute Gasteiger partial charge is 0.306 e. The van der Waals surface area contributed by atoms with E-state index in [0.717, 1.165) is 0 Å². The van der Waals surface area contributed by atoms with E-state index in [1.165, 1.54) is 7.11 Å². The maximum Gasteiger partial charge on any atom is 0.306 e. The maximum absolute atomic E-state index is 11.7. The number of hydrogen-bond acceptors (Lipinski definition) is 6. The number of fused-ring (bicyclic) bond motifs is 1. The maximum atomic E-state index is 11.7. The van der Waals surface area contributed by atoms with Crippen molar-refractivity contribution in [3.63, 3.8) is 0 Å². The Balaban J connectivity index is 1.76. The highest BCUT2D eigenvalue weighted by atomic mass is 16.6. The third-order valence-corrected chi connectivity index (χ3v) is 2.85. The van der Waals surface area contributed by atoms with Crippen molar-refractivity contribution in [2.75, 3.05) is 38.7 Å². The molecular formula is C14H18N2O5. The lowest BCUT2D eigenvalue weighted by Crippen LogP contribution is -2.29. The lowest BCUT2D eigenvalue weighted by atomic mass is 10.2. The summed E-state index contributed by atoms with van der Waals surface area (Å²) in [4.78, 5) is 22.6. The second-order valence-electron chi connectivity index (χ2n) is 4.41. The number of carbonyl (C=O) groups excluding carboxylic acids is 2.